The third kappa shape index (κ3) is 5.81. The van der Waals surface area contributed by atoms with Crippen molar-refractivity contribution in [3.05, 3.63) is 0 Å². The van der Waals surface area contributed by atoms with Gasteiger partial charge in [-0.3, -0.25) is 0 Å². The van der Waals surface area contributed by atoms with Crippen LogP contribution >= 0.6 is 0 Å². The summed E-state index contributed by atoms with van der Waals surface area (Å²) < 4.78 is 38.8. The molecule has 2 saturated heterocycles. The van der Waals surface area contributed by atoms with E-state index in [2.05, 4.69) is 0 Å². The molecule has 0 amide bonds. The molecule has 25 heavy (non-hydrogen) atoms. The smallest absolute Gasteiger partial charge is 0.190 e. The van der Waals surface area contributed by atoms with Crippen LogP contribution in [0.3, 0.4) is 0 Å². The summed E-state index contributed by atoms with van der Waals surface area (Å²) in [6, 6.07) is 0. The fourth-order valence-electron chi connectivity index (χ4n) is 2.85. The summed E-state index contributed by atoms with van der Waals surface area (Å²) in [6.45, 7) is 6.65. The average molecular weight is 366 g/mol. The van der Waals surface area contributed by atoms with E-state index in [-0.39, 0.29) is 0 Å². The molecule has 0 aromatic heterocycles. The second-order valence-corrected chi connectivity index (χ2v) is 6.46. The van der Waals surface area contributed by atoms with Crippen molar-refractivity contribution in [3.8, 4) is 0 Å². The van der Waals surface area contributed by atoms with Crippen LogP contribution in [0.25, 0.3) is 0 Å². The van der Waals surface area contributed by atoms with Gasteiger partial charge in [-0.15, -0.1) is 0 Å². The summed E-state index contributed by atoms with van der Waals surface area (Å²) in [5, 5.41) is 19.2. The molecule has 2 aliphatic rings. The number of methoxy groups -OCH3 is 1. The molecule has 0 spiro atoms. The SMILES string of the molecule is COCCOCCOC(C)O[C@@H]1[C@H]2OC(C)(C)O[C@H]2O[C@@H]1C(O)CO. The van der Waals surface area contributed by atoms with Gasteiger partial charge in [0.25, 0.3) is 0 Å². The highest BCUT2D eigenvalue weighted by Crippen LogP contribution is 2.40. The van der Waals surface area contributed by atoms with E-state index in [4.69, 9.17) is 33.2 Å². The van der Waals surface area contributed by atoms with Crippen LogP contribution in [0.2, 0.25) is 0 Å². The molecule has 9 nitrogen and oxygen atoms in total. The maximum Gasteiger partial charge on any atom is 0.190 e. The zero-order valence-electron chi connectivity index (χ0n) is 15.3. The topological polar surface area (TPSA) is 105 Å². The summed E-state index contributed by atoms with van der Waals surface area (Å²) in [4.78, 5) is 0. The van der Waals surface area contributed by atoms with E-state index in [1.54, 1.807) is 27.9 Å². The Hall–Kier alpha value is -0.360. The molecule has 2 heterocycles. The highest BCUT2D eigenvalue weighted by atomic mass is 16.8. The van der Waals surface area contributed by atoms with E-state index >= 15 is 0 Å². The minimum atomic E-state index is -1.10. The van der Waals surface area contributed by atoms with Crippen LogP contribution in [0.5, 0.6) is 0 Å². The predicted molar refractivity (Wildman–Crippen MR) is 84.8 cm³/mol. The van der Waals surface area contributed by atoms with Crippen LogP contribution in [-0.2, 0) is 33.2 Å². The molecule has 2 aliphatic heterocycles. The summed E-state index contributed by atoms with van der Waals surface area (Å²) >= 11 is 0. The molecule has 2 rings (SSSR count). The number of ether oxygens (including phenoxy) is 7. The first-order valence-electron chi connectivity index (χ1n) is 8.51. The molecule has 0 aliphatic carbocycles. The first kappa shape index (κ1) is 20.9. The first-order valence-corrected chi connectivity index (χ1v) is 8.51. The molecule has 2 N–H and O–H groups in total. The molecule has 0 bridgehead atoms. The highest BCUT2D eigenvalue weighted by molar-refractivity contribution is 4.96. The van der Waals surface area contributed by atoms with E-state index in [1.807, 2.05) is 0 Å². The van der Waals surface area contributed by atoms with Gasteiger partial charge in [-0.2, -0.15) is 0 Å². The van der Waals surface area contributed by atoms with E-state index in [9.17, 15) is 10.2 Å². The van der Waals surface area contributed by atoms with Gasteiger partial charge in [-0.05, 0) is 20.8 Å². The van der Waals surface area contributed by atoms with Crippen molar-refractivity contribution in [3.63, 3.8) is 0 Å². The average Bonchev–Trinajstić information content (AvgIpc) is 3.03. The van der Waals surface area contributed by atoms with E-state index in [0.717, 1.165) is 0 Å². The van der Waals surface area contributed by atoms with E-state index in [0.29, 0.717) is 26.4 Å². The predicted octanol–water partition coefficient (Wildman–Crippen LogP) is -0.373. The molecule has 0 saturated carbocycles. The van der Waals surface area contributed by atoms with Gasteiger partial charge in [0.05, 0.1) is 33.0 Å². The van der Waals surface area contributed by atoms with Crippen LogP contribution in [0.1, 0.15) is 20.8 Å². The standard InChI is InChI=1S/C16H30O9/c1-10(21-8-7-20-6-5-19-4)22-13-12(11(18)9-17)23-15-14(13)24-16(2,3)25-15/h10-15,17-18H,5-9H2,1-4H3/t10?,11?,12-,13+,14-,15-/m1/s1. The van der Waals surface area contributed by atoms with Crippen LogP contribution in [-0.4, -0.2) is 93.1 Å². The van der Waals surface area contributed by atoms with Crippen molar-refractivity contribution in [1.82, 2.24) is 0 Å². The van der Waals surface area contributed by atoms with Crippen molar-refractivity contribution in [2.45, 2.75) is 63.6 Å². The monoisotopic (exact) mass is 366 g/mol. The number of aliphatic hydroxyl groups is 2. The molecule has 148 valence electrons. The maximum atomic E-state index is 9.98. The Balaban J connectivity index is 1.83. The molecule has 0 aromatic rings. The number of fused-ring (bicyclic) bond motifs is 1. The fraction of sp³-hybridized carbons (Fsp3) is 1.00. The van der Waals surface area contributed by atoms with Gasteiger partial charge in [0, 0.05) is 7.11 Å². The van der Waals surface area contributed by atoms with Gasteiger partial charge in [0.1, 0.15) is 24.4 Å². The minimum absolute atomic E-state index is 0.350. The largest absolute Gasteiger partial charge is 0.394 e. The zero-order chi connectivity index (χ0) is 18.4. The van der Waals surface area contributed by atoms with Gasteiger partial charge in [-0.25, -0.2) is 0 Å². The molecule has 6 atom stereocenters. The lowest BCUT2D eigenvalue weighted by Gasteiger charge is -2.29. The number of rotatable bonds is 11. The quantitative estimate of drug-likeness (QED) is 0.374. The second kappa shape index (κ2) is 9.54. The van der Waals surface area contributed by atoms with Gasteiger partial charge in [0.2, 0.25) is 0 Å². The highest BCUT2D eigenvalue weighted by Gasteiger charge is 2.57. The van der Waals surface area contributed by atoms with Crippen LogP contribution in [0.4, 0.5) is 0 Å². The minimum Gasteiger partial charge on any atom is -0.394 e. The summed E-state index contributed by atoms with van der Waals surface area (Å²) in [7, 11) is 1.61. The Kier molecular flexibility index (Phi) is 7.99. The molecule has 0 radical (unpaired) electrons. The molecular formula is C16H30O9. The van der Waals surface area contributed by atoms with Crippen molar-refractivity contribution in [2.75, 3.05) is 40.1 Å². The van der Waals surface area contributed by atoms with Crippen molar-refractivity contribution in [1.29, 1.82) is 0 Å². The Labute approximate surface area is 148 Å². The van der Waals surface area contributed by atoms with E-state index < -0.39 is 49.4 Å². The van der Waals surface area contributed by atoms with Crippen molar-refractivity contribution < 1.29 is 43.4 Å². The van der Waals surface area contributed by atoms with Crippen LogP contribution < -0.4 is 0 Å². The number of hydrogen-bond donors (Lipinski definition) is 2. The third-order valence-corrected chi connectivity index (χ3v) is 3.95. The lowest BCUT2D eigenvalue weighted by Crippen LogP contribution is -2.45. The second-order valence-electron chi connectivity index (χ2n) is 6.46. The Bertz CT molecular complexity index is 392. The first-order chi connectivity index (χ1) is 11.9. The van der Waals surface area contributed by atoms with Crippen molar-refractivity contribution in [2.24, 2.45) is 0 Å². The normalized spacial score (nSPS) is 33.4. The van der Waals surface area contributed by atoms with E-state index in [1.165, 1.54) is 0 Å². The molecule has 9 heteroatoms. The summed E-state index contributed by atoms with van der Waals surface area (Å²) in [5.74, 6) is -0.800. The van der Waals surface area contributed by atoms with Gasteiger partial charge in [0.15, 0.2) is 18.4 Å². The number of aliphatic hydroxyl groups excluding tert-OH is 2. The van der Waals surface area contributed by atoms with Gasteiger partial charge in [-0.1, -0.05) is 0 Å². The molecular weight excluding hydrogens is 336 g/mol. The lowest BCUT2D eigenvalue weighted by molar-refractivity contribution is -0.250. The lowest BCUT2D eigenvalue weighted by atomic mass is 10.1. The molecule has 2 unspecified atom stereocenters. The fourth-order valence-corrected chi connectivity index (χ4v) is 2.85. The van der Waals surface area contributed by atoms with Gasteiger partial charge < -0.3 is 43.4 Å². The Morgan fingerprint density at radius 1 is 1.12 bits per heavy atom. The van der Waals surface area contributed by atoms with Crippen LogP contribution in [0.15, 0.2) is 0 Å². The summed E-state index contributed by atoms with van der Waals surface area (Å²) in [5.41, 5.74) is 0. The van der Waals surface area contributed by atoms with Gasteiger partial charge >= 0.3 is 0 Å². The molecule has 2 fully saturated rings. The summed E-state index contributed by atoms with van der Waals surface area (Å²) in [6.07, 6.45) is -4.23. The Morgan fingerprint density at radius 3 is 2.52 bits per heavy atom. The molecule has 0 aromatic carbocycles. The van der Waals surface area contributed by atoms with Crippen molar-refractivity contribution >= 4 is 0 Å². The van der Waals surface area contributed by atoms with Crippen LogP contribution in [0, 0.1) is 0 Å². The maximum absolute atomic E-state index is 9.98. The third-order valence-electron chi connectivity index (χ3n) is 3.95. The zero-order valence-corrected chi connectivity index (χ0v) is 15.3. The Morgan fingerprint density at radius 2 is 1.84 bits per heavy atom. The number of hydrogen-bond acceptors (Lipinski definition) is 9.